The molecule has 0 amide bonds. The number of ether oxygens (including phenoxy) is 1. The Morgan fingerprint density at radius 1 is 1.12 bits per heavy atom. The van der Waals surface area contributed by atoms with E-state index in [0.717, 1.165) is 5.69 Å². The van der Waals surface area contributed by atoms with E-state index in [1.807, 2.05) is 0 Å². The average molecular weight is 214 g/mol. The topological polar surface area (TPSA) is 61.2 Å². The van der Waals surface area contributed by atoms with Crippen LogP contribution >= 0.6 is 0 Å². The summed E-state index contributed by atoms with van der Waals surface area (Å²) in [6.45, 7) is 0. The second-order valence-corrected chi connectivity index (χ2v) is 3.38. The molecule has 0 unspecified atom stereocenters. The quantitative estimate of drug-likeness (QED) is 0.528. The lowest BCUT2D eigenvalue weighted by atomic mass is 10.1. The minimum Gasteiger partial charge on any atom is -0.386 e. The SMILES string of the molecule is O=C1OC(=O)c2cc(-n3ccnc3)ccc21. The number of benzene rings is 1. The molecule has 0 N–H and O–H groups in total. The van der Waals surface area contributed by atoms with Gasteiger partial charge in [-0.15, -0.1) is 0 Å². The lowest BCUT2D eigenvalue weighted by Gasteiger charge is -2.01. The highest BCUT2D eigenvalue weighted by atomic mass is 16.6. The third-order valence-corrected chi connectivity index (χ3v) is 2.43. The molecule has 5 nitrogen and oxygen atoms in total. The van der Waals surface area contributed by atoms with E-state index in [4.69, 9.17) is 0 Å². The third-order valence-electron chi connectivity index (χ3n) is 2.43. The van der Waals surface area contributed by atoms with E-state index in [-0.39, 0.29) is 0 Å². The van der Waals surface area contributed by atoms with Crippen LogP contribution in [0.25, 0.3) is 5.69 Å². The number of imidazole rings is 1. The van der Waals surface area contributed by atoms with Gasteiger partial charge in [-0.05, 0) is 18.2 Å². The summed E-state index contributed by atoms with van der Waals surface area (Å²) in [7, 11) is 0. The Hall–Kier alpha value is -2.43. The lowest BCUT2D eigenvalue weighted by molar-refractivity contribution is 0.0444. The summed E-state index contributed by atoms with van der Waals surface area (Å²) >= 11 is 0. The highest BCUT2D eigenvalue weighted by Gasteiger charge is 2.29. The van der Waals surface area contributed by atoms with Crippen LogP contribution in [0.15, 0.2) is 36.9 Å². The summed E-state index contributed by atoms with van der Waals surface area (Å²) in [6.07, 6.45) is 5.00. The van der Waals surface area contributed by atoms with E-state index in [1.165, 1.54) is 0 Å². The van der Waals surface area contributed by atoms with Gasteiger partial charge in [0.05, 0.1) is 17.5 Å². The number of aromatic nitrogens is 2. The highest BCUT2D eigenvalue weighted by molar-refractivity contribution is 6.14. The van der Waals surface area contributed by atoms with Gasteiger partial charge in [0.1, 0.15) is 0 Å². The molecule has 2 heterocycles. The number of rotatable bonds is 1. The van der Waals surface area contributed by atoms with Crippen LogP contribution in [-0.2, 0) is 4.74 Å². The summed E-state index contributed by atoms with van der Waals surface area (Å²) in [5.74, 6) is -1.18. The molecule has 0 fully saturated rings. The molecule has 16 heavy (non-hydrogen) atoms. The summed E-state index contributed by atoms with van der Waals surface area (Å²) in [6, 6.07) is 4.93. The van der Waals surface area contributed by atoms with E-state index in [2.05, 4.69) is 9.72 Å². The molecule has 1 aromatic carbocycles. The smallest absolute Gasteiger partial charge is 0.346 e. The molecule has 78 valence electrons. The molecule has 0 bridgehead atoms. The molecular formula is C11H6N2O3. The minimum absolute atomic E-state index is 0.302. The maximum Gasteiger partial charge on any atom is 0.346 e. The van der Waals surface area contributed by atoms with Gasteiger partial charge < -0.3 is 9.30 Å². The first-order chi connectivity index (χ1) is 7.75. The van der Waals surface area contributed by atoms with Crippen molar-refractivity contribution in [3.63, 3.8) is 0 Å². The Balaban J connectivity index is 2.17. The van der Waals surface area contributed by atoms with Crippen molar-refractivity contribution in [3.05, 3.63) is 48.0 Å². The van der Waals surface area contributed by atoms with Crippen molar-refractivity contribution in [2.45, 2.75) is 0 Å². The molecule has 0 atom stereocenters. The van der Waals surface area contributed by atoms with Crippen LogP contribution in [-0.4, -0.2) is 21.5 Å². The van der Waals surface area contributed by atoms with Crippen LogP contribution in [0, 0.1) is 0 Å². The number of hydrogen-bond acceptors (Lipinski definition) is 4. The largest absolute Gasteiger partial charge is 0.386 e. The molecule has 0 saturated carbocycles. The average Bonchev–Trinajstić information content (AvgIpc) is 2.88. The van der Waals surface area contributed by atoms with E-state index >= 15 is 0 Å². The molecule has 3 rings (SSSR count). The molecule has 1 aliphatic rings. The predicted octanol–water partition coefficient (Wildman–Crippen LogP) is 1.18. The zero-order chi connectivity index (χ0) is 11.1. The van der Waals surface area contributed by atoms with Crippen LogP contribution in [0.1, 0.15) is 20.7 Å². The van der Waals surface area contributed by atoms with Gasteiger partial charge in [0.25, 0.3) is 0 Å². The third kappa shape index (κ3) is 1.15. The van der Waals surface area contributed by atoms with Crippen LogP contribution in [0.4, 0.5) is 0 Å². The predicted molar refractivity (Wildman–Crippen MR) is 53.3 cm³/mol. The summed E-state index contributed by atoms with van der Waals surface area (Å²) < 4.78 is 6.25. The van der Waals surface area contributed by atoms with Gasteiger partial charge in [-0.1, -0.05) is 0 Å². The second-order valence-electron chi connectivity index (χ2n) is 3.38. The molecule has 1 aliphatic heterocycles. The summed E-state index contributed by atoms with van der Waals surface area (Å²) in [4.78, 5) is 26.4. The van der Waals surface area contributed by atoms with Crippen molar-refractivity contribution in [1.29, 1.82) is 0 Å². The maximum absolute atomic E-state index is 11.3. The van der Waals surface area contributed by atoms with E-state index in [0.29, 0.717) is 11.1 Å². The van der Waals surface area contributed by atoms with Crippen molar-refractivity contribution in [3.8, 4) is 5.69 Å². The first kappa shape index (κ1) is 8.84. The van der Waals surface area contributed by atoms with Gasteiger partial charge in [0, 0.05) is 18.1 Å². The van der Waals surface area contributed by atoms with Crippen molar-refractivity contribution < 1.29 is 14.3 Å². The van der Waals surface area contributed by atoms with E-state index < -0.39 is 11.9 Å². The number of carbonyl (C=O) groups excluding carboxylic acids is 2. The van der Waals surface area contributed by atoms with Crippen LogP contribution in [0.5, 0.6) is 0 Å². The molecule has 5 heteroatoms. The zero-order valence-corrected chi connectivity index (χ0v) is 8.08. The lowest BCUT2D eigenvalue weighted by Crippen LogP contribution is -1.97. The number of nitrogens with zero attached hydrogens (tertiary/aromatic N) is 2. The Labute approximate surface area is 90.3 Å². The Morgan fingerprint density at radius 2 is 1.94 bits per heavy atom. The number of fused-ring (bicyclic) bond motifs is 1. The van der Waals surface area contributed by atoms with Gasteiger partial charge in [0.2, 0.25) is 0 Å². The molecule has 0 saturated heterocycles. The Morgan fingerprint density at radius 3 is 2.69 bits per heavy atom. The molecule has 1 aromatic heterocycles. The first-order valence-corrected chi connectivity index (χ1v) is 4.64. The molecule has 2 aromatic rings. The van der Waals surface area contributed by atoms with Crippen molar-refractivity contribution in [2.24, 2.45) is 0 Å². The fourth-order valence-electron chi connectivity index (χ4n) is 1.65. The Bertz CT molecular complexity index is 587. The summed E-state index contributed by atoms with van der Waals surface area (Å²) in [5.41, 5.74) is 1.38. The number of hydrogen-bond donors (Lipinski definition) is 0. The monoisotopic (exact) mass is 214 g/mol. The molecule has 0 radical (unpaired) electrons. The van der Waals surface area contributed by atoms with Crippen molar-refractivity contribution >= 4 is 11.9 Å². The standard InChI is InChI=1S/C11H6N2O3/c14-10-8-2-1-7(13-4-3-12-6-13)5-9(8)11(15)16-10/h1-6H. The zero-order valence-electron chi connectivity index (χ0n) is 8.08. The van der Waals surface area contributed by atoms with E-state index in [1.54, 1.807) is 41.5 Å². The second kappa shape index (κ2) is 3.03. The molecular weight excluding hydrogens is 208 g/mol. The van der Waals surface area contributed by atoms with Gasteiger partial charge in [-0.3, -0.25) is 0 Å². The van der Waals surface area contributed by atoms with Gasteiger partial charge >= 0.3 is 11.9 Å². The highest BCUT2D eigenvalue weighted by Crippen LogP contribution is 2.22. The first-order valence-electron chi connectivity index (χ1n) is 4.64. The molecule has 0 aliphatic carbocycles. The number of cyclic esters (lactones) is 2. The maximum atomic E-state index is 11.3. The Kier molecular flexibility index (Phi) is 1.67. The van der Waals surface area contributed by atoms with Gasteiger partial charge in [0.15, 0.2) is 0 Å². The normalized spacial score (nSPS) is 13.8. The van der Waals surface area contributed by atoms with Crippen LogP contribution in [0.3, 0.4) is 0 Å². The summed E-state index contributed by atoms with van der Waals surface area (Å²) in [5, 5.41) is 0. The van der Waals surface area contributed by atoms with Gasteiger partial charge in [-0.2, -0.15) is 0 Å². The van der Waals surface area contributed by atoms with Crippen molar-refractivity contribution in [1.82, 2.24) is 9.55 Å². The van der Waals surface area contributed by atoms with Gasteiger partial charge in [-0.25, -0.2) is 14.6 Å². The van der Waals surface area contributed by atoms with Crippen molar-refractivity contribution in [2.75, 3.05) is 0 Å². The van der Waals surface area contributed by atoms with Crippen LogP contribution < -0.4 is 0 Å². The van der Waals surface area contributed by atoms with E-state index in [9.17, 15) is 9.59 Å². The minimum atomic E-state index is -0.595. The molecule has 0 spiro atoms. The number of esters is 2. The number of carbonyl (C=O) groups is 2. The van der Waals surface area contributed by atoms with Crippen LogP contribution in [0.2, 0.25) is 0 Å². The fourth-order valence-corrected chi connectivity index (χ4v) is 1.65. The fraction of sp³-hybridized carbons (Fsp3) is 0.